The number of carbonyl (C=O) groups excluding carboxylic acids is 2. The van der Waals surface area contributed by atoms with Gasteiger partial charge in [-0.1, -0.05) is 16.6 Å². The van der Waals surface area contributed by atoms with Crippen molar-refractivity contribution in [1.29, 1.82) is 5.26 Å². The fourth-order valence-corrected chi connectivity index (χ4v) is 2.51. The second-order valence-corrected chi connectivity index (χ2v) is 5.83. The van der Waals surface area contributed by atoms with Gasteiger partial charge in [-0.2, -0.15) is 10.4 Å². The smallest absolute Gasteiger partial charge is 0.357 e. The molecule has 2 aromatic rings. The normalized spacial score (nSPS) is 10.1. The van der Waals surface area contributed by atoms with Gasteiger partial charge in [0.25, 0.3) is 0 Å². The number of hydrogen-bond donors (Lipinski definition) is 1. The lowest BCUT2D eigenvalue weighted by atomic mass is 10.1. The topological polar surface area (TPSA) is 93.9 Å². The van der Waals surface area contributed by atoms with Gasteiger partial charge in [0.05, 0.1) is 43.3 Å². The van der Waals surface area contributed by atoms with Gasteiger partial charge in [-0.3, -0.25) is 9.69 Å². The molecule has 0 saturated heterocycles. The zero-order valence-electron chi connectivity index (χ0n) is 15.3. The summed E-state index contributed by atoms with van der Waals surface area (Å²) < 4.78 is 18.7. The maximum Gasteiger partial charge on any atom is 0.357 e. The minimum absolute atomic E-state index is 0.0800. The number of ether oxygens (including phenoxy) is 1. The van der Waals surface area contributed by atoms with Crippen molar-refractivity contribution in [3.05, 3.63) is 59.7 Å². The molecular weight excluding hydrogens is 365 g/mol. The van der Waals surface area contributed by atoms with Crippen molar-refractivity contribution >= 4 is 23.4 Å². The Bertz CT molecular complexity index is 847. The summed E-state index contributed by atoms with van der Waals surface area (Å²) in [6, 6.07) is 13.9. The Hall–Kier alpha value is -3.44. The van der Waals surface area contributed by atoms with Gasteiger partial charge >= 0.3 is 12.0 Å². The van der Waals surface area contributed by atoms with Gasteiger partial charge in [0.2, 0.25) is 0 Å². The number of amides is 2. The van der Waals surface area contributed by atoms with Crippen LogP contribution in [0.3, 0.4) is 0 Å². The number of nitrogens with zero attached hydrogens (tertiary/aromatic N) is 3. The monoisotopic (exact) mass is 385 g/mol. The van der Waals surface area contributed by atoms with E-state index in [0.29, 0.717) is 23.4 Å². The van der Waals surface area contributed by atoms with E-state index in [2.05, 4.69) is 4.74 Å². The highest BCUT2D eigenvalue weighted by Crippen LogP contribution is 2.28. The number of anilines is 2. The van der Waals surface area contributed by atoms with Gasteiger partial charge in [-0.25, -0.2) is 4.79 Å². The highest BCUT2D eigenvalue weighted by Gasteiger charge is 2.24. The number of aliphatic hydroxyl groups excluding tert-OH is 1. The molecular formula is C20H20FN3O4. The molecule has 0 spiro atoms. The molecule has 0 radical (unpaired) electrons. The van der Waals surface area contributed by atoms with E-state index >= 15 is 0 Å². The first kappa shape index (κ1) is 20.9. The lowest BCUT2D eigenvalue weighted by Gasteiger charge is -2.25. The molecule has 0 fully saturated rings. The second kappa shape index (κ2) is 10.0. The summed E-state index contributed by atoms with van der Waals surface area (Å²) in [6.07, 6.45) is 0.695. The van der Waals surface area contributed by atoms with Crippen LogP contribution in [-0.2, 0) is 16.0 Å². The molecule has 0 aliphatic heterocycles. The lowest BCUT2D eigenvalue weighted by Crippen LogP contribution is -2.37. The molecule has 0 aromatic heterocycles. The van der Waals surface area contributed by atoms with Crippen molar-refractivity contribution in [1.82, 2.24) is 5.12 Å². The molecule has 0 heterocycles. The fraction of sp³-hybridized carbons (Fsp3) is 0.250. The van der Waals surface area contributed by atoms with E-state index in [1.54, 1.807) is 24.3 Å². The largest absolute Gasteiger partial charge is 0.469 e. The van der Waals surface area contributed by atoms with E-state index in [4.69, 9.17) is 10.4 Å². The van der Waals surface area contributed by atoms with Crippen molar-refractivity contribution in [2.24, 2.45) is 0 Å². The molecule has 2 amide bonds. The number of urea groups is 1. The molecule has 0 aliphatic rings. The molecule has 146 valence electrons. The molecule has 0 bridgehead atoms. The summed E-state index contributed by atoms with van der Waals surface area (Å²) in [5.74, 6) is -0.324. The molecule has 0 saturated carbocycles. The van der Waals surface area contributed by atoms with Crippen molar-refractivity contribution in [2.75, 3.05) is 25.2 Å². The quantitative estimate of drug-likeness (QED) is 0.584. The van der Waals surface area contributed by atoms with Crippen LogP contribution in [0, 0.1) is 11.3 Å². The van der Waals surface area contributed by atoms with Crippen molar-refractivity contribution < 1.29 is 23.9 Å². The Morgan fingerprint density at radius 3 is 2.18 bits per heavy atom. The number of carbonyl (C=O) groups is 2. The summed E-state index contributed by atoms with van der Waals surface area (Å²) in [6.45, 7) is -0.987. The summed E-state index contributed by atoms with van der Waals surface area (Å²) in [4.78, 5) is 25.0. The van der Waals surface area contributed by atoms with Crippen LogP contribution in [0.1, 0.15) is 17.5 Å². The van der Waals surface area contributed by atoms with E-state index in [1.165, 1.54) is 31.4 Å². The third kappa shape index (κ3) is 5.28. The van der Waals surface area contributed by atoms with Crippen LogP contribution in [0.2, 0.25) is 0 Å². The van der Waals surface area contributed by atoms with Gasteiger partial charge in [0.1, 0.15) is 0 Å². The van der Waals surface area contributed by atoms with Gasteiger partial charge in [0.15, 0.2) is 0 Å². The molecule has 0 aliphatic carbocycles. The van der Waals surface area contributed by atoms with E-state index in [0.717, 1.165) is 10.5 Å². The van der Waals surface area contributed by atoms with Gasteiger partial charge in [-0.05, 0) is 48.4 Å². The number of hydrogen-bond acceptors (Lipinski definition) is 5. The third-order valence-electron chi connectivity index (χ3n) is 3.99. The van der Waals surface area contributed by atoms with Crippen LogP contribution in [0.15, 0.2) is 48.5 Å². The Morgan fingerprint density at radius 1 is 1.11 bits per heavy atom. The zero-order chi connectivity index (χ0) is 20.5. The SMILES string of the molecule is COC(=O)CCc1ccc(N(C(=O)N(F)CCO)c2ccc(C#N)cc2)cc1. The number of halogens is 1. The van der Waals surface area contributed by atoms with Crippen LogP contribution >= 0.6 is 0 Å². The van der Waals surface area contributed by atoms with Gasteiger partial charge < -0.3 is 9.84 Å². The maximum atomic E-state index is 14.1. The first-order valence-corrected chi connectivity index (χ1v) is 8.54. The van der Waals surface area contributed by atoms with E-state index in [1.807, 2.05) is 6.07 Å². The average molecular weight is 385 g/mol. The number of aliphatic hydroxyl groups is 1. The summed E-state index contributed by atoms with van der Waals surface area (Å²) in [5, 5.41) is 17.8. The third-order valence-corrected chi connectivity index (χ3v) is 3.99. The number of esters is 1. The number of nitriles is 1. The maximum absolute atomic E-state index is 14.1. The Kier molecular flexibility index (Phi) is 7.48. The van der Waals surface area contributed by atoms with Crippen LogP contribution in [-0.4, -0.2) is 42.5 Å². The molecule has 0 unspecified atom stereocenters. The summed E-state index contributed by atoms with van der Waals surface area (Å²) in [5.41, 5.74) is 2.03. The Morgan fingerprint density at radius 2 is 1.68 bits per heavy atom. The van der Waals surface area contributed by atoms with E-state index in [-0.39, 0.29) is 17.5 Å². The Balaban J connectivity index is 2.31. The highest BCUT2D eigenvalue weighted by atomic mass is 19.2. The fourth-order valence-electron chi connectivity index (χ4n) is 2.51. The first-order valence-electron chi connectivity index (χ1n) is 8.54. The average Bonchev–Trinajstić information content (AvgIpc) is 2.73. The van der Waals surface area contributed by atoms with Crippen molar-refractivity contribution in [3.63, 3.8) is 0 Å². The van der Waals surface area contributed by atoms with Crippen molar-refractivity contribution in [3.8, 4) is 6.07 Å². The van der Waals surface area contributed by atoms with Crippen LogP contribution in [0.4, 0.5) is 20.7 Å². The number of methoxy groups -OCH3 is 1. The van der Waals surface area contributed by atoms with E-state index < -0.39 is 19.2 Å². The minimum Gasteiger partial charge on any atom is -0.469 e. The molecule has 2 rings (SSSR count). The van der Waals surface area contributed by atoms with Crippen LogP contribution < -0.4 is 4.90 Å². The molecule has 28 heavy (non-hydrogen) atoms. The number of aryl methyl sites for hydroxylation is 1. The second-order valence-electron chi connectivity index (χ2n) is 5.83. The predicted octanol–water partition coefficient (Wildman–Crippen LogP) is 3.10. The van der Waals surface area contributed by atoms with E-state index in [9.17, 15) is 14.1 Å². The Labute approximate surface area is 162 Å². The molecule has 2 aromatic carbocycles. The molecule has 0 atom stereocenters. The highest BCUT2D eigenvalue weighted by molar-refractivity contribution is 5.98. The standard InChI is InChI=1S/C20H20FN3O4/c1-28-19(26)11-6-15-2-7-17(8-3-15)24(20(27)23(21)12-13-25)18-9-4-16(14-22)5-10-18/h2-5,7-10,25H,6,11-13H2,1H3. The first-order chi connectivity index (χ1) is 13.5. The zero-order valence-corrected chi connectivity index (χ0v) is 15.3. The number of benzene rings is 2. The van der Waals surface area contributed by atoms with Crippen molar-refractivity contribution in [2.45, 2.75) is 12.8 Å². The van der Waals surface area contributed by atoms with Gasteiger partial charge in [0, 0.05) is 6.42 Å². The predicted molar refractivity (Wildman–Crippen MR) is 100 cm³/mol. The molecule has 7 nitrogen and oxygen atoms in total. The summed E-state index contributed by atoms with van der Waals surface area (Å²) >= 11 is 0. The summed E-state index contributed by atoms with van der Waals surface area (Å²) in [7, 11) is 1.32. The van der Waals surface area contributed by atoms with Crippen LogP contribution in [0.25, 0.3) is 0 Å². The van der Waals surface area contributed by atoms with Crippen LogP contribution in [0.5, 0.6) is 0 Å². The minimum atomic E-state index is -0.971. The molecule has 1 N–H and O–H groups in total. The number of rotatable bonds is 7. The van der Waals surface area contributed by atoms with Gasteiger partial charge in [-0.15, -0.1) is 0 Å². The molecule has 8 heteroatoms. The lowest BCUT2D eigenvalue weighted by molar-refractivity contribution is -0.140.